The topological polar surface area (TPSA) is 90.5 Å². The molecule has 3 N–H and O–H groups in total. The molecule has 1 aromatic rings. The molecule has 0 fully saturated rings. The minimum atomic E-state index is -3.60. The van der Waals surface area contributed by atoms with Crippen molar-refractivity contribution >= 4 is 27.5 Å². The molecule has 0 aliphatic carbocycles. The summed E-state index contributed by atoms with van der Waals surface area (Å²) in [5.41, 5.74) is 1.62. The van der Waals surface area contributed by atoms with Gasteiger partial charge in [0.05, 0.1) is 6.54 Å². The molecular weight excluding hydrogens is 280 g/mol. The first kappa shape index (κ1) is 16.4. The van der Waals surface area contributed by atoms with Gasteiger partial charge >= 0.3 is 0 Å². The van der Waals surface area contributed by atoms with E-state index in [0.29, 0.717) is 5.69 Å². The van der Waals surface area contributed by atoms with Gasteiger partial charge in [0, 0.05) is 32.0 Å². The van der Waals surface area contributed by atoms with Gasteiger partial charge in [-0.3, -0.25) is 4.79 Å². The van der Waals surface area contributed by atoms with Crippen LogP contribution in [-0.2, 0) is 15.0 Å². The first-order valence-corrected chi connectivity index (χ1v) is 7.64. The summed E-state index contributed by atoms with van der Waals surface area (Å²) in [7, 11) is 0.235. The van der Waals surface area contributed by atoms with Crippen LogP contribution < -0.4 is 19.7 Å². The van der Waals surface area contributed by atoms with E-state index < -0.39 is 16.1 Å². The van der Waals surface area contributed by atoms with Crippen molar-refractivity contribution < 1.29 is 13.2 Å². The van der Waals surface area contributed by atoms with Crippen LogP contribution in [0.3, 0.4) is 0 Å². The van der Waals surface area contributed by atoms with Gasteiger partial charge in [0.25, 0.3) is 10.2 Å². The number of carbonyl (C=O) groups excluding carboxylic acids is 1. The van der Waals surface area contributed by atoms with Crippen molar-refractivity contribution in [2.75, 3.05) is 37.4 Å². The van der Waals surface area contributed by atoms with Gasteiger partial charge in [-0.25, -0.2) is 4.72 Å². The third-order valence-corrected chi connectivity index (χ3v) is 3.62. The zero-order chi connectivity index (χ0) is 15.2. The van der Waals surface area contributed by atoms with Gasteiger partial charge in [0.1, 0.15) is 0 Å². The maximum absolute atomic E-state index is 11.6. The van der Waals surface area contributed by atoms with Crippen LogP contribution in [0.4, 0.5) is 11.4 Å². The molecule has 0 unspecified atom stereocenters. The molecule has 0 bridgehead atoms. The number of nitrogens with zero attached hydrogens (tertiary/aromatic N) is 1. The van der Waals surface area contributed by atoms with Crippen molar-refractivity contribution in [1.82, 2.24) is 9.44 Å². The molecular formula is C12H20N4O3S. The average molecular weight is 300 g/mol. The van der Waals surface area contributed by atoms with E-state index >= 15 is 0 Å². The number of amides is 1. The monoisotopic (exact) mass is 300 g/mol. The highest BCUT2D eigenvalue weighted by atomic mass is 32.2. The molecule has 1 amide bonds. The number of carbonyl (C=O) groups is 1. The highest BCUT2D eigenvalue weighted by molar-refractivity contribution is 7.87. The Labute approximate surface area is 119 Å². The van der Waals surface area contributed by atoms with Crippen LogP contribution in [0.25, 0.3) is 0 Å². The van der Waals surface area contributed by atoms with Gasteiger partial charge in [0.15, 0.2) is 0 Å². The number of rotatable bonds is 7. The molecule has 0 aliphatic heterocycles. The minimum absolute atomic E-state index is 0.267. The summed E-state index contributed by atoms with van der Waals surface area (Å²) in [5, 5.41) is 2.61. The lowest BCUT2D eigenvalue weighted by atomic mass is 10.2. The van der Waals surface area contributed by atoms with E-state index in [1.165, 1.54) is 0 Å². The van der Waals surface area contributed by atoms with E-state index in [-0.39, 0.29) is 13.1 Å². The second-order valence-corrected chi connectivity index (χ2v) is 5.90. The van der Waals surface area contributed by atoms with Crippen LogP contribution in [0.15, 0.2) is 24.3 Å². The maximum atomic E-state index is 11.6. The molecule has 0 saturated heterocycles. The number of nitrogens with one attached hydrogen (secondary N) is 3. The SMILES string of the molecule is CCNS(=O)(=O)NCC(=O)Nc1ccc(N(C)C)cc1. The summed E-state index contributed by atoms with van der Waals surface area (Å²) < 4.78 is 27.0. The number of anilines is 2. The normalized spacial score (nSPS) is 11.2. The highest BCUT2D eigenvalue weighted by Gasteiger charge is 2.10. The highest BCUT2D eigenvalue weighted by Crippen LogP contribution is 2.15. The van der Waals surface area contributed by atoms with Crippen molar-refractivity contribution in [2.45, 2.75) is 6.92 Å². The lowest BCUT2D eigenvalue weighted by Gasteiger charge is -2.13. The standard InChI is InChI=1S/C12H20N4O3S/c1-4-13-20(18,19)14-9-12(17)15-10-5-7-11(8-6-10)16(2)3/h5-8,13-14H,4,9H2,1-3H3,(H,15,17). The molecule has 112 valence electrons. The number of hydrogen-bond donors (Lipinski definition) is 3. The molecule has 7 nitrogen and oxygen atoms in total. The van der Waals surface area contributed by atoms with Crippen LogP contribution in [-0.4, -0.2) is 41.5 Å². The molecule has 1 rings (SSSR count). The van der Waals surface area contributed by atoms with Gasteiger partial charge in [-0.1, -0.05) is 6.92 Å². The Hall–Kier alpha value is -1.64. The summed E-state index contributed by atoms with van der Waals surface area (Å²) in [6.07, 6.45) is 0. The Morgan fingerprint density at radius 3 is 2.25 bits per heavy atom. The lowest BCUT2D eigenvalue weighted by Crippen LogP contribution is -2.40. The summed E-state index contributed by atoms with van der Waals surface area (Å²) in [6, 6.07) is 7.23. The zero-order valence-electron chi connectivity index (χ0n) is 11.8. The van der Waals surface area contributed by atoms with E-state index in [2.05, 4.69) is 14.8 Å². The van der Waals surface area contributed by atoms with Gasteiger partial charge in [-0.05, 0) is 24.3 Å². The molecule has 0 heterocycles. The molecule has 0 spiro atoms. The molecule has 20 heavy (non-hydrogen) atoms. The zero-order valence-corrected chi connectivity index (χ0v) is 12.6. The van der Waals surface area contributed by atoms with Gasteiger partial charge in [-0.2, -0.15) is 13.1 Å². The fraction of sp³-hybridized carbons (Fsp3) is 0.417. The summed E-state index contributed by atoms with van der Waals surface area (Å²) in [5.74, 6) is -0.427. The fourth-order valence-electron chi connectivity index (χ4n) is 1.45. The van der Waals surface area contributed by atoms with Crippen LogP contribution in [0, 0.1) is 0 Å². The van der Waals surface area contributed by atoms with Crippen molar-refractivity contribution in [2.24, 2.45) is 0 Å². The molecule has 1 aromatic carbocycles. The Morgan fingerprint density at radius 1 is 1.15 bits per heavy atom. The fourth-order valence-corrected chi connectivity index (χ4v) is 2.25. The van der Waals surface area contributed by atoms with Crippen molar-refractivity contribution in [3.63, 3.8) is 0 Å². The van der Waals surface area contributed by atoms with E-state index in [4.69, 9.17) is 0 Å². The first-order chi connectivity index (χ1) is 9.34. The maximum Gasteiger partial charge on any atom is 0.277 e. The van der Waals surface area contributed by atoms with Crippen LogP contribution >= 0.6 is 0 Å². The summed E-state index contributed by atoms with van der Waals surface area (Å²) >= 11 is 0. The Kier molecular flexibility index (Phi) is 5.93. The van der Waals surface area contributed by atoms with Crippen LogP contribution in [0.1, 0.15) is 6.92 Å². The Bertz CT molecular complexity index is 540. The quantitative estimate of drug-likeness (QED) is 0.668. The second-order valence-electron chi connectivity index (χ2n) is 4.31. The largest absolute Gasteiger partial charge is 0.378 e. The Morgan fingerprint density at radius 2 is 1.75 bits per heavy atom. The molecule has 0 saturated carbocycles. The number of hydrogen-bond acceptors (Lipinski definition) is 4. The van der Waals surface area contributed by atoms with Crippen LogP contribution in [0.2, 0.25) is 0 Å². The predicted octanol–water partition coefficient (Wildman–Crippen LogP) is 0.135. The summed E-state index contributed by atoms with van der Waals surface area (Å²) in [6.45, 7) is 1.61. The minimum Gasteiger partial charge on any atom is -0.378 e. The van der Waals surface area contributed by atoms with Crippen LogP contribution in [0.5, 0.6) is 0 Å². The van der Waals surface area contributed by atoms with Gasteiger partial charge in [0.2, 0.25) is 5.91 Å². The molecule has 0 aliphatic rings. The lowest BCUT2D eigenvalue weighted by molar-refractivity contribution is -0.115. The third-order valence-electron chi connectivity index (χ3n) is 2.42. The van der Waals surface area contributed by atoms with E-state index in [1.807, 2.05) is 31.1 Å². The van der Waals surface area contributed by atoms with Crippen molar-refractivity contribution in [3.05, 3.63) is 24.3 Å². The van der Waals surface area contributed by atoms with Crippen molar-refractivity contribution in [3.8, 4) is 0 Å². The molecule has 0 radical (unpaired) electrons. The van der Waals surface area contributed by atoms with Gasteiger partial charge < -0.3 is 10.2 Å². The average Bonchev–Trinajstić information content (AvgIpc) is 2.37. The number of benzene rings is 1. The molecule has 0 atom stereocenters. The second kappa shape index (κ2) is 7.22. The molecule has 8 heteroatoms. The van der Waals surface area contributed by atoms with E-state index in [0.717, 1.165) is 5.69 Å². The first-order valence-electron chi connectivity index (χ1n) is 6.15. The predicted molar refractivity (Wildman–Crippen MR) is 80.0 cm³/mol. The van der Waals surface area contributed by atoms with Gasteiger partial charge in [-0.15, -0.1) is 0 Å². The van der Waals surface area contributed by atoms with E-state index in [1.54, 1.807) is 19.1 Å². The Balaban J connectivity index is 2.50. The smallest absolute Gasteiger partial charge is 0.277 e. The summed E-state index contributed by atoms with van der Waals surface area (Å²) in [4.78, 5) is 13.5. The molecule has 0 aromatic heterocycles. The van der Waals surface area contributed by atoms with Crippen molar-refractivity contribution in [1.29, 1.82) is 0 Å². The van der Waals surface area contributed by atoms with E-state index in [9.17, 15) is 13.2 Å². The third kappa shape index (κ3) is 5.55.